The molecule has 0 unspecified atom stereocenters. The van der Waals surface area contributed by atoms with Gasteiger partial charge in [0.1, 0.15) is 23.0 Å². The van der Waals surface area contributed by atoms with E-state index < -0.39 is 5.60 Å². The SMILES string of the molecule is C[C@H]1CN(c2nc3c(-c4nccs4)ccc(OCc4ccccc4)c3s2)CCN1C(=O)OC(C)(C)C. The molecule has 4 aromatic rings. The summed E-state index contributed by atoms with van der Waals surface area (Å²) in [6.45, 7) is 10.2. The third kappa shape index (κ3) is 5.32. The van der Waals surface area contributed by atoms with Gasteiger partial charge in [0.15, 0.2) is 5.13 Å². The summed E-state index contributed by atoms with van der Waals surface area (Å²) >= 11 is 3.23. The first-order chi connectivity index (χ1) is 17.3. The number of benzene rings is 2. The summed E-state index contributed by atoms with van der Waals surface area (Å²) in [5.41, 5.74) is 2.52. The third-order valence-corrected chi connectivity index (χ3v) is 7.86. The van der Waals surface area contributed by atoms with Crippen molar-refractivity contribution in [3.63, 3.8) is 0 Å². The molecule has 0 aliphatic carbocycles. The van der Waals surface area contributed by atoms with E-state index in [0.717, 1.165) is 37.2 Å². The summed E-state index contributed by atoms with van der Waals surface area (Å²) < 4.78 is 12.9. The van der Waals surface area contributed by atoms with Crippen molar-refractivity contribution >= 4 is 44.1 Å². The molecule has 0 spiro atoms. The number of aromatic nitrogens is 2. The second kappa shape index (κ2) is 10.1. The number of anilines is 1. The van der Waals surface area contributed by atoms with Crippen LogP contribution in [0.15, 0.2) is 54.0 Å². The van der Waals surface area contributed by atoms with Gasteiger partial charge in [-0.25, -0.2) is 14.8 Å². The second-order valence-corrected chi connectivity index (χ2v) is 11.7. The van der Waals surface area contributed by atoms with Gasteiger partial charge in [0.05, 0.1) is 10.2 Å². The monoisotopic (exact) mass is 522 g/mol. The maximum Gasteiger partial charge on any atom is 0.410 e. The molecule has 1 aliphatic rings. The number of nitrogens with zero attached hydrogens (tertiary/aromatic N) is 4. The van der Waals surface area contributed by atoms with Crippen LogP contribution in [0.5, 0.6) is 5.75 Å². The molecule has 1 amide bonds. The number of fused-ring (bicyclic) bond motifs is 1. The highest BCUT2D eigenvalue weighted by molar-refractivity contribution is 7.22. The number of hydrogen-bond acceptors (Lipinski definition) is 8. The van der Waals surface area contributed by atoms with Crippen LogP contribution in [0.1, 0.15) is 33.3 Å². The van der Waals surface area contributed by atoms with Gasteiger partial charge in [0, 0.05) is 42.8 Å². The largest absolute Gasteiger partial charge is 0.487 e. The molecule has 36 heavy (non-hydrogen) atoms. The molecule has 5 rings (SSSR count). The van der Waals surface area contributed by atoms with Gasteiger partial charge in [0.25, 0.3) is 0 Å². The van der Waals surface area contributed by atoms with Gasteiger partial charge in [-0.05, 0) is 45.4 Å². The molecule has 0 saturated carbocycles. The second-order valence-electron chi connectivity index (χ2n) is 9.87. The van der Waals surface area contributed by atoms with Gasteiger partial charge in [-0.15, -0.1) is 11.3 Å². The van der Waals surface area contributed by atoms with Crippen molar-refractivity contribution in [2.45, 2.75) is 45.9 Å². The first kappa shape index (κ1) is 24.5. The number of carbonyl (C=O) groups excluding carboxylic acids is 1. The van der Waals surface area contributed by atoms with Gasteiger partial charge in [-0.2, -0.15) is 0 Å². The molecule has 3 heterocycles. The van der Waals surface area contributed by atoms with Crippen LogP contribution in [-0.2, 0) is 11.3 Å². The van der Waals surface area contributed by atoms with Crippen LogP contribution in [0.25, 0.3) is 20.8 Å². The lowest BCUT2D eigenvalue weighted by Gasteiger charge is -2.40. The van der Waals surface area contributed by atoms with E-state index in [1.807, 2.05) is 67.6 Å². The lowest BCUT2D eigenvalue weighted by Crippen LogP contribution is -2.55. The summed E-state index contributed by atoms with van der Waals surface area (Å²) in [6.07, 6.45) is 1.55. The lowest BCUT2D eigenvalue weighted by molar-refractivity contribution is 0.0159. The topological polar surface area (TPSA) is 67.8 Å². The van der Waals surface area contributed by atoms with Gasteiger partial charge < -0.3 is 19.3 Å². The maximum atomic E-state index is 12.7. The third-order valence-electron chi connectivity index (χ3n) is 5.92. The Kier molecular flexibility index (Phi) is 6.85. The predicted octanol–water partition coefficient (Wildman–Crippen LogP) is 6.44. The molecule has 2 aromatic heterocycles. The van der Waals surface area contributed by atoms with E-state index in [9.17, 15) is 4.79 Å². The standard InChI is InChI=1S/C27H30N4O3S2/c1-18-16-30(13-14-31(18)26(32)34-27(2,3)4)25-29-22-20(24-28-12-15-35-24)10-11-21(23(22)36-25)33-17-19-8-6-5-7-9-19/h5-12,15,18H,13-14,16-17H2,1-4H3/t18-/m0/s1. The first-order valence-corrected chi connectivity index (χ1v) is 13.7. The Balaban J connectivity index is 1.42. The number of piperazine rings is 1. The van der Waals surface area contributed by atoms with Gasteiger partial charge in [0.2, 0.25) is 0 Å². The zero-order chi connectivity index (χ0) is 25.3. The van der Waals surface area contributed by atoms with Crippen LogP contribution in [0.2, 0.25) is 0 Å². The minimum Gasteiger partial charge on any atom is -0.487 e. The Hall–Kier alpha value is -3.17. The van der Waals surface area contributed by atoms with Crippen LogP contribution in [-0.4, -0.2) is 52.2 Å². The van der Waals surface area contributed by atoms with Crippen molar-refractivity contribution < 1.29 is 14.3 Å². The summed E-state index contributed by atoms with van der Waals surface area (Å²) in [5.74, 6) is 0.818. The first-order valence-electron chi connectivity index (χ1n) is 12.0. The molecule has 0 bridgehead atoms. The van der Waals surface area contributed by atoms with E-state index in [2.05, 4.69) is 28.9 Å². The van der Waals surface area contributed by atoms with E-state index >= 15 is 0 Å². The molecule has 1 aliphatic heterocycles. The van der Waals surface area contributed by atoms with E-state index in [4.69, 9.17) is 14.5 Å². The summed E-state index contributed by atoms with van der Waals surface area (Å²) in [5, 5.41) is 3.84. The van der Waals surface area contributed by atoms with Crippen LogP contribution < -0.4 is 9.64 Å². The molecular weight excluding hydrogens is 492 g/mol. The Bertz CT molecular complexity index is 1330. The summed E-state index contributed by atoms with van der Waals surface area (Å²) in [6, 6.07) is 14.2. The van der Waals surface area contributed by atoms with Crippen molar-refractivity contribution in [1.29, 1.82) is 0 Å². The fraction of sp³-hybridized carbons (Fsp3) is 0.370. The summed E-state index contributed by atoms with van der Waals surface area (Å²) in [7, 11) is 0. The minimum atomic E-state index is -0.511. The van der Waals surface area contributed by atoms with Gasteiger partial charge in [-0.1, -0.05) is 41.7 Å². The van der Waals surface area contributed by atoms with Crippen molar-refractivity contribution in [3.8, 4) is 16.3 Å². The Morgan fingerprint density at radius 3 is 2.64 bits per heavy atom. The van der Waals surface area contributed by atoms with Crippen LogP contribution in [0.4, 0.5) is 9.93 Å². The highest BCUT2D eigenvalue weighted by Crippen LogP contribution is 2.42. The summed E-state index contributed by atoms with van der Waals surface area (Å²) in [4.78, 5) is 26.3. The molecule has 9 heteroatoms. The Morgan fingerprint density at radius 2 is 1.94 bits per heavy atom. The van der Waals surface area contributed by atoms with Crippen molar-refractivity contribution in [3.05, 3.63) is 59.6 Å². The zero-order valence-corrected chi connectivity index (χ0v) is 22.6. The smallest absolute Gasteiger partial charge is 0.410 e. The highest BCUT2D eigenvalue weighted by Gasteiger charge is 2.32. The molecule has 188 valence electrons. The fourth-order valence-corrected chi connectivity index (χ4v) is 5.97. The molecule has 2 aromatic carbocycles. The number of hydrogen-bond donors (Lipinski definition) is 0. The van der Waals surface area contributed by atoms with Gasteiger partial charge in [-0.3, -0.25) is 0 Å². The quantitative estimate of drug-likeness (QED) is 0.300. The Morgan fingerprint density at radius 1 is 1.14 bits per heavy atom. The molecule has 0 radical (unpaired) electrons. The minimum absolute atomic E-state index is 0.00727. The van der Waals surface area contributed by atoms with Crippen LogP contribution in [0, 0.1) is 0 Å². The number of rotatable bonds is 5. The van der Waals surface area contributed by atoms with Gasteiger partial charge >= 0.3 is 6.09 Å². The highest BCUT2D eigenvalue weighted by atomic mass is 32.1. The van der Waals surface area contributed by atoms with E-state index in [1.165, 1.54) is 0 Å². The number of ether oxygens (including phenoxy) is 2. The average molecular weight is 523 g/mol. The molecule has 1 saturated heterocycles. The zero-order valence-electron chi connectivity index (χ0n) is 20.9. The molecular formula is C27H30N4O3S2. The molecule has 0 N–H and O–H groups in total. The fourth-order valence-electron chi connectivity index (χ4n) is 4.21. The van der Waals surface area contributed by atoms with Crippen molar-refractivity contribution in [2.24, 2.45) is 0 Å². The predicted molar refractivity (Wildman–Crippen MR) is 146 cm³/mol. The van der Waals surface area contributed by atoms with E-state index in [0.29, 0.717) is 26.2 Å². The number of thiazole rings is 2. The number of amides is 1. The maximum absolute atomic E-state index is 12.7. The van der Waals surface area contributed by atoms with Crippen molar-refractivity contribution in [1.82, 2.24) is 14.9 Å². The molecule has 1 atom stereocenters. The molecule has 7 nitrogen and oxygen atoms in total. The normalized spacial score (nSPS) is 16.4. The average Bonchev–Trinajstić information content (AvgIpc) is 3.53. The Labute approximate surface area is 219 Å². The van der Waals surface area contributed by atoms with Crippen LogP contribution in [0.3, 0.4) is 0 Å². The van der Waals surface area contributed by atoms with E-state index in [-0.39, 0.29) is 12.1 Å². The lowest BCUT2D eigenvalue weighted by atomic mass is 10.2. The van der Waals surface area contributed by atoms with Crippen molar-refractivity contribution in [2.75, 3.05) is 24.5 Å². The number of carbonyl (C=O) groups is 1. The van der Waals surface area contributed by atoms with Crippen LogP contribution >= 0.6 is 22.7 Å². The molecule has 1 fully saturated rings. The van der Waals surface area contributed by atoms with E-state index in [1.54, 1.807) is 22.7 Å².